The number of aromatic nitrogens is 7. The van der Waals surface area contributed by atoms with Crippen molar-refractivity contribution < 1.29 is 22.4 Å². The van der Waals surface area contributed by atoms with E-state index in [-0.39, 0.29) is 11.8 Å². The second-order valence-corrected chi connectivity index (χ2v) is 10.1. The molecule has 0 aliphatic heterocycles. The van der Waals surface area contributed by atoms with Gasteiger partial charge < -0.3 is 14.0 Å². The van der Waals surface area contributed by atoms with E-state index in [0.29, 0.717) is 28.1 Å². The molecule has 4 heterocycles. The van der Waals surface area contributed by atoms with Crippen LogP contribution in [0.3, 0.4) is 0 Å². The molecule has 0 fully saturated rings. The number of nitrogens with zero attached hydrogens (tertiary/aromatic N) is 7. The molecule has 0 unspecified atom stereocenters. The number of anilines is 1. The van der Waals surface area contributed by atoms with E-state index in [1.807, 2.05) is 0 Å². The predicted molar refractivity (Wildman–Crippen MR) is 129 cm³/mol. The van der Waals surface area contributed by atoms with Crippen molar-refractivity contribution >= 4 is 27.6 Å². The minimum atomic E-state index is -4.09. The molecular formula is C21H23ClN8O5S. The third kappa shape index (κ3) is 5.15. The number of halogens is 1. The highest BCUT2D eigenvalue weighted by molar-refractivity contribution is 7.93. The van der Waals surface area contributed by atoms with Crippen molar-refractivity contribution in [3.8, 4) is 17.4 Å². The number of pyridine rings is 1. The van der Waals surface area contributed by atoms with E-state index < -0.39 is 27.4 Å². The number of hydrogen-bond donors (Lipinski definition) is 1. The Morgan fingerprint density at radius 2 is 1.86 bits per heavy atom. The van der Waals surface area contributed by atoms with E-state index in [1.165, 1.54) is 39.8 Å². The maximum atomic E-state index is 13.4. The second kappa shape index (κ2) is 10.6. The fourth-order valence-corrected chi connectivity index (χ4v) is 4.72. The predicted octanol–water partition coefficient (Wildman–Crippen LogP) is 2.91. The lowest BCUT2D eigenvalue weighted by Gasteiger charge is -2.23. The Morgan fingerprint density at radius 1 is 1.11 bits per heavy atom. The molecular weight excluding hydrogens is 512 g/mol. The van der Waals surface area contributed by atoms with Crippen molar-refractivity contribution in [2.75, 3.05) is 18.9 Å². The van der Waals surface area contributed by atoms with Crippen LogP contribution >= 0.6 is 11.6 Å². The maximum absolute atomic E-state index is 13.4. The molecule has 0 bridgehead atoms. The number of ether oxygens (including phenoxy) is 2. The van der Waals surface area contributed by atoms with Gasteiger partial charge in [0.25, 0.3) is 0 Å². The molecule has 0 aromatic carbocycles. The number of methoxy groups -OCH3 is 2. The smallest absolute Gasteiger partial charge is 0.240 e. The highest BCUT2D eigenvalue weighted by atomic mass is 35.5. The largest absolute Gasteiger partial charge is 0.481 e. The highest BCUT2D eigenvalue weighted by Crippen LogP contribution is 2.30. The number of sulfonamides is 1. The Morgan fingerprint density at radius 3 is 2.50 bits per heavy atom. The molecule has 0 amide bonds. The average molecular weight is 535 g/mol. The Hall–Kier alpha value is -3.62. The van der Waals surface area contributed by atoms with Crippen LogP contribution in [0.4, 0.5) is 5.95 Å². The minimum absolute atomic E-state index is 0.0520. The highest BCUT2D eigenvalue weighted by Gasteiger charge is 2.35. The first-order valence-electron chi connectivity index (χ1n) is 10.6. The first kappa shape index (κ1) is 25.5. The normalized spacial score (nSPS) is 14.2. The van der Waals surface area contributed by atoms with Gasteiger partial charge in [-0.2, -0.15) is 0 Å². The lowest BCUT2D eigenvalue weighted by Crippen LogP contribution is -2.33. The van der Waals surface area contributed by atoms with Gasteiger partial charge in [-0.05, 0) is 19.9 Å². The monoisotopic (exact) mass is 534 g/mol. The third-order valence-electron chi connectivity index (χ3n) is 5.43. The Kier molecular flexibility index (Phi) is 7.47. The van der Waals surface area contributed by atoms with E-state index in [9.17, 15) is 8.42 Å². The fraction of sp³-hybridized carbons (Fsp3) is 0.333. The summed E-state index contributed by atoms with van der Waals surface area (Å²) in [5.41, 5.74) is 0.941. The minimum Gasteiger partial charge on any atom is -0.481 e. The second-order valence-electron chi connectivity index (χ2n) is 7.65. The van der Waals surface area contributed by atoms with Crippen molar-refractivity contribution in [1.82, 2.24) is 34.9 Å². The van der Waals surface area contributed by atoms with Gasteiger partial charge in [-0.1, -0.05) is 22.8 Å². The van der Waals surface area contributed by atoms with Crippen LogP contribution in [0.25, 0.3) is 11.5 Å². The average Bonchev–Trinajstić information content (AvgIpc) is 3.55. The summed E-state index contributed by atoms with van der Waals surface area (Å²) in [4.78, 5) is 12.6. The van der Waals surface area contributed by atoms with Gasteiger partial charge in [0.15, 0.2) is 11.6 Å². The zero-order valence-electron chi connectivity index (χ0n) is 19.7. The zero-order valence-corrected chi connectivity index (χ0v) is 21.3. The number of hydrogen-bond acceptors (Lipinski definition) is 11. The first-order valence-corrected chi connectivity index (χ1v) is 12.6. The zero-order chi connectivity index (χ0) is 25.9. The van der Waals surface area contributed by atoms with Gasteiger partial charge in [0, 0.05) is 31.6 Å². The Labute approximate surface area is 211 Å². The third-order valence-corrected chi connectivity index (χ3v) is 7.32. The van der Waals surface area contributed by atoms with Crippen molar-refractivity contribution in [3.63, 3.8) is 0 Å². The molecule has 1 N–H and O–H groups in total. The van der Waals surface area contributed by atoms with E-state index in [4.69, 9.17) is 25.6 Å². The van der Waals surface area contributed by atoms with Crippen LogP contribution in [0.1, 0.15) is 37.5 Å². The van der Waals surface area contributed by atoms with Gasteiger partial charge >= 0.3 is 0 Å². The first-order chi connectivity index (χ1) is 17.2. The molecule has 36 heavy (non-hydrogen) atoms. The van der Waals surface area contributed by atoms with Crippen LogP contribution in [-0.2, 0) is 14.8 Å². The molecule has 13 nitrogen and oxygen atoms in total. The van der Waals surface area contributed by atoms with Gasteiger partial charge in [0.1, 0.15) is 29.0 Å². The quantitative estimate of drug-likeness (QED) is 0.318. The number of nitrogens with one attached hydrogen (secondary N) is 1. The van der Waals surface area contributed by atoms with Crippen molar-refractivity contribution in [3.05, 3.63) is 59.5 Å². The Bertz CT molecular complexity index is 1410. The number of rotatable bonds is 10. The molecule has 0 aliphatic rings. The van der Waals surface area contributed by atoms with Crippen LogP contribution in [0, 0.1) is 0 Å². The van der Waals surface area contributed by atoms with Crippen molar-refractivity contribution in [2.24, 2.45) is 0 Å². The summed E-state index contributed by atoms with van der Waals surface area (Å²) in [6, 6.07) is 6.26. The van der Waals surface area contributed by atoms with Gasteiger partial charge in [-0.15, -0.1) is 10.2 Å². The molecule has 190 valence electrons. The SMILES string of the molecule is COc1cccc(-c2nnc(NS(=O)(=O)[C@@H](C)[C@H](OC)c3ncc(Cl)cn3)n2[C@@H](C)c2ccon2)n1. The molecule has 0 aliphatic carbocycles. The lowest BCUT2D eigenvalue weighted by atomic mass is 10.2. The van der Waals surface area contributed by atoms with Gasteiger partial charge in [-0.3, -0.25) is 9.29 Å². The molecule has 3 atom stereocenters. The van der Waals surface area contributed by atoms with Gasteiger partial charge in [0.2, 0.25) is 21.9 Å². The molecule has 4 aromatic rings. The summed E-state index contributed by atoms with van der Waals surface area (Å²) < 4.78 is 46.6. The van der Waals surface area contributed by atoms with E-state index >= 15 is 0 Å². The van der Waals surface area contributed by atoms with Crippen LogP contribution in [0.15, 0.2) is 47.4 Å². The van der Waals surface area contributed by atoms with Crippen LogP contribution < -0.4 is 9.46 Å². The molecule has 15 heteroatoms. The van der Waals surface area contributed by atoms with Gasteiger partial charge in [0.05, 0.1) is 18.2 Å². The summed E-state index contributed by atoms with van der Waals surface area (Å²) in [5, 5.41) is 11.5. The standard InChI is InChI=1S/C21H23ClN8O5S/c1-12(15-8-9-35-28-15)30-20(16-6-5-7-17(25-16)33-3)26-27-21(30)29-36(31,32)13(2)18(34-4)19-23-10-14(22)11-24-19/h5-13,18H,1-4H3,(H,27,29)/t12-,13-,18-/m0/s1. The van der Waals surface area contributed by atoms with Gasteiger partial charge in [-0.25, -0.2) is 23.4 Å². The molecule has 4 rings (SSSR count). The molecule has 0 saturated heterocycles. The molecule has 0 radical (unpaired) electrons. The molecule has 0 saturated carbocycles. The lowest BCUT2D eigenvalue weighted by molar-refractivity contribution is 0.0950. The molecule has 0 spiro atoms. The fourth-order valence-electron chi connectivity index (χ4n) is 3.48. The maximum Gasteiger partial charge on any atom is 0.240 e. The van der Waals surface area contributed by atoms with Crippen LogP contribution in [0.2, 0.25) is 5.02 Å². The molecule has 4 aromatic heterocycles. The van der Waals surface area contributed by atoms with Crippen molar-refractivity contribution in [1.29, 1.82) is 0 Å². The van der Waals surface area contributed by atoms with Crippen molar-refractivity contribution in [2.45, 2.75) is 31.2 Å². The summed E-state index contributed by atoms with van der Waals surface area (Å²) >= 11 is 5.86. The van der Waals surface area contributed by atoms with Crippen LogP contribution in [0.5, 0.6) is 5.88 Å². The van der Waals surface area contributed by atoms with E-state index in [0.717, 1.165) is 0 Å². The summed E-state index contributed by atoms with van der Waals surface area (Å²) in [6.07, 6.45) is 3.17. The van der Waals surface area contributed by atoms with E-state index in [2.05, 4.69) is 35.0 Å². The topological polar surface area (TPSA) is 160 Å². The van der Waals surface area contributed by atoms with Crippen LogP contribution in [-0.4, -0.2) is 62.8 Å². The summed E-state index contributed by atoms with van der Waals surface area (Å²) in [7, 11) is -1.23. The summed E-state index contributed by atoms with van der Waals surface area (Å²) in [5.74, 6) is 0.763. The Balaban J connectivity index is 1.73. The summed E-state index contributed by atoms with van der Waals surface area (Å²) in [6.45, 7) is 3.27. The van der Waals surface area contributed by atoms with E-state index in [1.54, 1.807) is 35.8 Å².